The Balaban J connectivity index is 1.71. The van der Waals surface area contributed by atoms with Crippen LogP contribution >= 0.6 is 0 Å². The molecule has 1 saturated heterocycles. The molecule has 5 nitrogen and oxygen atoms in total. The van der Waals surface area contributed by atoms with E-state index in [2.05, 4.69) is 5.43 Å². The van der Waals surface area contributed by atoms with Crippen LogP contribution in [-0.4, -0.2) is 23.6 Å². The van der Waals surface area contributed by atoms with Crippen LogP contribution in [-0.2, 0) is 4.74 Å². The van der Waals surface area contributed by atoms with Crippen molar-refractivity contribution in [1.82, 2.24) is 10.4 Å². The number of nitrogens with one attached hydrogen (secondary N) is 1. The number of hydrogen-bond acceptors (Lipinski definition) is 3. The van der Waals surface area contributed by atoms with Gasteiger partial charge in [0.15, 0.2) is 6.10 Å². The van der Waals surface area contributed by atoms with Gasteiger partial charge in [0.1, 0.15) is 5.82 Å². The minimum absolute atomic E-state index is 0.0539. The fourth-order valence-electron chi connectivity index (χ4n) is 2.23. The summed E-state index contributed by atoms with van der Waals surface area (Å²) >= 11 is 0. The van der Waals surface area contributed by atoms with Crippen LogP contribution in [0.1, 0.15) is 22.0 Å². The quantitative estimate of drug-likeness (QED) is 0.948. The summed E-state index contributed by atoms with van der Waals surface area (Å²) in [4.78, 5) is 23.8. The lowest BCUT2D eigenvalue weighted by molar-refractivity contribution is 0.0829. The van der Waals surface area contributed by atoms with E-state index in [1.54, 1.807) is 48.5 Å². The van der Waals surface area contributed by atoms with Gasteiger partial charge in [0.25, 0.3) is 5.91 Å². The smallest absolute Gasteiger partial charge is 0.429 e. The van der Waals surface area contributed by atoms with Crippen LogP contribution in [0, 0.1) is 5.82 Å². The van der Waals surface area contributed by atoms with Gasteiger partial charge in [-0.15, -0.1) is 0 Å². The third kappa shape index (κ3) is 2.76. The molecule has 0 saturated carbocycles. The van der Waals surface area contributed by atoms with Crippen molar-refractivity contribution in [2.45, 2.75) is 6.10 Å². The maximum Gasteiger partial charge on any atom is 0.429 e. The zero-order chi connectivity index (χ0) is 15.5. The molecule has 2 amide bonds. The van der Waals surface area contributed by atoms with Crippen LogP contribution in [0.15, 0.2) is 54.6 Å². The van der Waals surface area contributed by atoms with Crippen molar-refractivity contribution in [1.29, 1.82) is 0 Å². The van der Waals surface area contributed by atoms with Crippen molar-refractivity contribution in [3.63, 3.8) is 0 Å². The molecule has 3 rings (SSSR count). The van der Waals surface area contributed by atoms with Crippen molar-refractivity contribution < 1.29 is 18.7 Å². The van der Waals surface area contributed by atoms with E-state index in [1.807, 2.05) is 0 Å². The lowest BCUT2D eigenvalue weighted by atomic mass is 10.1. The van der Waals surface area contributed by atoms with Gasteiger partial charge in [-0.2, -0.15) is 0 Å². The van der Waals surface area contributed by atoms with E-state index in [0.717, 1.165) is 5.01 Å². The molecular weight excluding hydrogens is 287 g/mol. The van der Waals surface area contributed by atoms with E-state index < -0.39 is 23.9 Å². The molecule has 2 aromatic carbocycles. The van der Waals surface area contributed by atoms with Crippen LogP contribution in [0.2, 0.25) is 0 Å². The fourth-order valence-corrected chi connectivity index (χ4v) is 2.23. The topological polar surface area (TPSA) is 58.6 Å². The minimum Gasteiger partial charge on any atom is -0.438 e. The zero-order valence-electron chi connectivity index (χ0n) is 11.5. The molecule has 0 radical (unpaired) electrons. The number of ether oxygens (including phenoxy) is 1. The molecule has 1 N–H and O–H groups in total. The Morgan fingerprint density at radius 1 is 1.14 bits per heavy atom. The van der Waals surface area contributed by atoms with Crippen molar-refractivity contribution in [2.24, 2.45) is 0 Å². The van der Waals surface area contributed by atoms with E-state index >= 15 is 0 Å². The first-order valence-corrected chi connectivity index (χ1v) is 6.74. The number of benzene rings is 2. The van der Waals surface area contributed by atoms with Gasteiger partial charge in [-0.25, -0.2) is 14.2 Å². The summed E-state index contributed by atoms with van der Waals surface area (Å²) in [6, 6.07) is 14.6. The Bertz CT molecular complexity index is 706. The summed E-state index contributed by atoms with van der Waals surface area (Å²) in [7, 11) is 0. The molecule has 6 heteroatoms. The van der Waals surface area contributed by atoms with Gasteiger partial charge in [0, 0.05) is 11.1 Å². The molecule has 0 unspecified atom stereocenters. The summed E-state index contributed by atoms with van der Waals surface area (Å²) in [6.07, 6.45) is -1.46. The Kier molecular flexibility index (Phi) is 3.74. The molecule has 2 aromatic rings. The maximum atomic E-state index is 13.7. The third-order valence-electron chi connectivity index (χ3n) is 3.34. The third-order valence-corrected chi connectivity index (χ3v) is 3.34. The molecule has 1 atom stereocenters. The molecule has 22 heavy (non-hydrogen) atoms. The first-order valence-electron chi connectivity index (χ1n) is 6.74. The second kappa shape index (κ2) is 5.85. The molecule has 0 aliphatic carbocycles. The number of carbonyl (C=O) groups excluding carboxylic acids is 2. The fraction of sp³-hybridized carbons (Fsp3) is 0.125. The predicted molar refractivity (Wildman–Crippen MR) is 76.2 cm³/mol. The van der Waals surface area contributed by atoms with Crippen LogP contribution in [0.5, 0.6) is 0 Å². The van der Waals surface area contributed by atoms with E-state index in [-0.39, 0.29) is 12.1 Å². The van der Waals surface area contributed by atoms with Crippen molar-refractivity contribution in [2.75, 3.05) is 6.54 Å². The minimum atomic E-state index is -0.746. The summed E-state index contributed by atoms with van der Waals surface area (Å²) in [5, 5.41) is 1.05. The first kappa shape index (κ1) is 14.1. The Morgan fingerprint density at radius 3 is 2.55 bits per heavy atom. The van der Waals surface area contributed by atoms with Gasteiger partial charge < -0.3 is 4.74 Å². The number of hydrazine groups is 1. The molecule has 1 aliphatic rings. The highest BCUT2D eigenvalue weighted by Gasteiger charge is 2.35. The highest BCUT2D eigenvalue weighted by molar-refractivity contribution is 5.95. The maximum absolute atomic E-state index is 13.7. The summed E-state index contributed by atoms with van der Waals surface area (Å²) in [5.41, 5.74) is 3.17. The summed E-state index contributed by atoms with van der Waals surface area (Å²) in [6.45, 7) is 0.0539. The van der Waals surface area contributed by atoms with Gasteiger partial charge in [-0.3, -0.25) is 10.2 Å². The van der Waals surface area contributed by atoms with E-state index in [9.17, 15) is 14.0 Å². The average molecular weight is 300 g/mol. The molecule has 0 spiro atoms. The van der Waals surface area contributed by atoms with Crippen molar-refractivity contribution in [3.05, 3.63) is 71.5 Å². The monoisotopic (exact) mass is 300 g/mol. The van der Waals surface area contributed by atoms with E-state index in [1.165, 1.54) is 6.07 Å². The van der Waals surface area contributed by atoms with Crippen molar-refractivity contribution in [3.8, 4) is 0 Å². The van der Waals surface area contributed by atoms with E-state index in [4.69, 9.17) is 4.74 Å². The highest BCUT2D eigenvalue weighted by Crippen LogP contribution is 2.26. The standard InChI is InChI=1S/C16H13FN2O3/c17-13-9-5-4-8-12(13)14-10-19(16(21)22-14)18-15(20)11-6-2-1-3-7-11/h1-9,14H,10H2,(H,18,20)/t14-/m0/s1. The number of rotatable bonds is 3. The molecule has 1 fully saturated rings. The number of halogens is 1. The van der Waals surface area contributed by atoms with Crippen LogP contribution < -0.4 is 5.43 Å². The van der Waals surface area contributed by atoms with Gasteiger partial charge in [-0.1, -0.05) is 36.4 Å². The zero-order valence-corrected chi connectivity index (χ0v) is 11.5. The predicted octanol–water partition coefficient (Wildman–Crippen LogP) is 2.66. The van der Waals surface area contributed by atoms with Gasteiger partial charge >= 0.3 is 6.09 Å². The van der Waals surface area contributed by atoms with Crippen LogP contribution in [0.25, 0.3) is 0 Å². The van der Waals surface area contributed by atoms with Gasteiger partial charge in [-0.05, 0) is 18.2 Å². The number of amides is 2. The Labute approximate surface area is 126 Å². The number of nitrogens with zero attached hydrogens (tertiary/aromatic N) is 1. The normalized spacial score (nSPS) is 17.2. The average Bonchev–Trinajstić information content (AvgIpc) is 2.89. The molecule has 0 aromatic heterocycles. The van der Waals surface area contributed by atoms with Crippen LogP contribution in [0.3, 0.4) is 0 Å². The number of hydrogen-bond donors (Lipinski definition) is 1. The van der Waals surface area contributed by atoms with Crippen LogP contribution in [0.4, 0.5) is 9.18 Å². The Morgan fingerprint density at radius 2 is 1.82 bits per heavy atom. The molecule has 112 valence electrons. The second-order valence-corrected chi connectivity index (χ2v) is 4.81. The molecule has 0 bridgehead atoms. The highest BCUT2D eigenvalue weighted by atomic mass is 19.1. The first-order chi connectivity index (χ1) is 10.6. The summed E-state index contributed by atoms with van der Waals surface area (Å²) in [5.74, 6) is -0.872. The SMILES string of the molecule is O=C(NN1C[C@@H](c2ccccc2F)OC1=O)c1ccccc1. The lowest BCUT2D eigenvalue weighted by Gasteiger charge is -2.14. The summed E-state index contributed by atoms with van der Waals surface area (Å²) < 4.78 is 18.8. The lowest BCUT2D eigenvalue weighted by Crippen LogP contribution is -2.42. The van der Waals surface area contributed by atoms with Gasteiger partial charge in [0.05, 0.1) is 6.54 Å². The van der Waals surface area contributed by atoms with Crippen molar-refractivity contribution >= 4 is 12.0 Å². The Hall–Kier alpha value is -2.89. The molecular formula is C16H13FN2O3. The van der Waals surface area contributed by atoms with E-state index in [0.29, 0.717) is 5.56 Å². The number of carbonyl (C=O) groups is 2. The second-order valence-electron chi connectivity index (χ2n) is 4.81. The molecule has 1 aliphatic heterocycles. The largest absolute Gasteiger partial charge is 0.438 e. The number of cyclic esters (lactones) is 1. The van der Waals surface area contributed by atoms with Gasteiger partial charge in [0.2, 0.25) is 0 Å². The molecule has 1 heterocycles.